The fourth-order valence-corrected chi connectivity index (χ4v) is 7.49. The average Bonchev–Trinajstić information content (AvgIpc) is 2.87. The molecule has 0 heterocycles. The van der Waals surface area contributed by atoms with Crippen LogP contribution in [-0.4, -0.2) is 89.5 Å². The van der Waals surface area contributed by atoms with Gasteiger partial charge >= 0.3 is 0 Å². The first kappa shape index (κ1) is 34.1. The zero-order valence-corrected chi connectivity index (χ0v) is 26.4. The van der Waals surface area contributed by atoms with E-state index < -0.39 is 9.76 Å². The van der Waals surface area contributed by atoms with Gasteiger partial charge in [-0.05, 0) is 128 Å². The largest absolute Gasteiger partial charge is 0.421 e. The third-order valence-electron chi connectivity index (χ3n) is 8.34. The fraction of sp³-hybridized carbons (Fsp3) is 1.00. The predicted molar refractivity (Wildman–Crippen MR) is 157 cm³/mol. The minimum atomic E-state index is -0.412. The van der Waals surface area contributed by atoms with E-state index in [4.69, 9.17) is 4.43 Å². The molecule has 0 N–H and O–H groups in total. The van der Waals surface area contributed by atoms with E-state index in [1.54, 1.807) is 0 Å². The standard InChI is InChI=1S/C29H65N3OSi/c1-9-28(10-2)33-34-27-23-29(20-17-24-30(11-3)12-4,21-18-25-31(13-5)14-6)22-19-26-32(15-7)16-8/h28H,9-27,34H2,1-8H3. The molecule has 0 fully saturated rings. The van der Waals surface area contributed by atoms with Crippen LogP contribution in [0.5, 0.6) is 0 Å². The molecule has 0 rings (SSSR count). The summed E-state index contributed by atoms with van der Waals surface area (Å²) in [5.41, 5.74) is 0.512. The lowest BCUT2D eigenvalue weighted by molar-refractivity contribution is 0.153. The average molecular weight is 500 g/mol. The second kappa shape index (κ2) is 22.3. The fourth-order valence-electron chi connectivity index (χ4n) is 5.62. The van der Waals surface area contributed by atoms with Crippen LogP contribution in [-0.2, 0) is 4.43 Å². The van der Waals surface area contributed by atoms with Gasteiger partial charge in [0.1, 0.15) is 0 Å². The van der Waals surface area contributed by atoms with Crippen molar-refractivity contribution in [3.8, 4) is 0 Å². The molecule has 0 aromatic rings. The van der Waals surface area contributed by atoms with E-state index in [-0.39, 0.29) is 0 Å². The van der Waals surface area contributed by atoms with E-state index in [0.29, 0.717) is 11.5 Å². The lowest BCUT2D eigenvalue weighted by Crippen LogP contribution is -2.31. The summed E-state index contributed by atoms with van der Waals surface area (Å²) in [5, 5.41) is 0. The van der Waals surface area contributed by atoms with Crippen LogP contribution in [0.25, 0.3) is 0 Å². The van der Waals surface area contributed by atoms with Crippen molar-refractivity contribution in [2.75, 3.05) is 58.9 Å². The lowest BCUT2D eigenvalue weighted by Gasteiger charge is -2.37. The first-order valence-corrected chi connectivity index (χ1v) is 16.8. The van der Waals surface area contributed by atoms with Crippen LogP contribution in [0.1, 0.15) is 113 Å². The van der Waals surface area contributed by atoms with Gasteiger partial charge in [-0.1, -0.05) is 55.4 Å². The van der Waals surface area contributed by atoms with Gasteiger partial charge in [0.05, 0.1) is 0 Å². The Labute approximate surface area is 218 Å². The van der Waals surface area contributed by atoms with Crippen molar-refractivity contribution in [2.24, 2.45) is 5.41 Å². The molecule has 0 unspecified atom stereocenters. The molecule has 0 aromatic carbocycles. The minimum absolute atomic E-state index is 0.412. The Hall–Kier alpha value is 0.0569. The van der Waals surface area contributed by atoms with Crippen molar-refractivity contribution in [2.45, 2.75) is 125 Å². The molecular weight excluding hydrogens is 434 g/mol. The molecule has 0 aliphatic heterocycles. The zero-order chi connectivity index (χ0) is 25.7. The highest BCUT2D eigenvalue weighted by atomic mass is 28.2. The summed E-state index contributed by atoms with van der Waals surface area (Å²) in [6.07, 6.45) is 12.5. The zero-order valence-electron chi connectivity index (χ0n) is 25.0. The Kier molecular flexibility index (Phi) is 22.3. The molecule has 0 saturated carbocycles. The van der Waals surface area contributed by atoms with Gasteiger partial charge in [-0.3, -0.25) is 0 Å². The Morgan fingerprint density at radius 1 is 0.559 bits per heavy atom. The maximum Gasteiger partial charge on any atom is 0.161 e. The smallest absolute Gasteiger partial charge is 0.161 e. The molecule has 0 aliphatic carbocycles. The van der Waals surface area contributed by atoms with Crippen LogP contribution < -0.4 is 0 Å². The molecule has 0 aliphatic rings. The van der Waals surface area contributed by atoms with Gasteiger partial charge in [-0.15, -0.1) is 0 Å². The monoisotopic (exact) mass is 499 g/mol. The molecule has 0 spiro atoms. The summed E-state index contributed by atoms with van der Waals surface area (Å²) in [5.74, 6) is 0. The third-order valence-corrected chi connectivity index (χ3v) is 9.69. The second-order valence-corrected chi connectivity index (χ2v) is 11.8. The van der Waals surface area contributed by atoms with Crippen molar-refractivity contribution in [3.63, 3.8) is 0 Å². The van der Waals surface area contributed by atoms with E-state index in [0.717, 1.165) is 0 Å². The molecule has 0 atom stereocenters. The number of hydrogen-bond donors (Lipinski definition) is 0. The van der Waals surface area contributed by atoms with E-state index >= 15 is 0 Å². The molecular formula is C29H65N3OSi. The Morgan fingerprint density at radius 3 is 1.21 bits per heavy atom. The van der Waals surface area contributed by atoms with E-state index in [2.05, 4.69) is 70.1 Å². The van der Waals surface area contributed by atoms with Crippen LogP contribution in [0.4, 0.5) is 0 Å². The van der Waals surface area contributed by atoms with Crippen molar-refractivity contribution < 1.29 is 4.43 Å². The van der Waals surface area contributed by atoms with Crippen LogP contribution in [0, 0.1) is 5.41 Å². The highest BCUT2D eigenvalue weighted by Crippen LogP contribution is 2.40. The summed E-state index contributed by atoms with van der Waals surface area (Å²) in [6, 6.07) is 1.36. The minimum Gasteiger partial charge on any atom is -0.421 e. The van der Waals surface area contributed by atoms with E-state index in [9.17, 15) is 0 Å². The van der Waals surface area contributed by atoms with E-state index in [1.807, 2.05) is 0 Å². The Bertz CT molecular complexity index is 376. The second-order valence-electron chi connectivity index (χ2n) is 10.3. The highest BCUT2D eigenvalue weighted by Gasteiger charge is 2.29. The number of rotatable bonds is 25. The molecule has 0 radical (unpaired) electrons. The van der Waals surface area contributed by atoms with Crippen molar-refractivity contribution >= 4 is 9.76 Å². The summed E-state index contributed by atoms with van der Waals surface area (Å²) in [7, 11) is -0.412. The quantitative estimate of drug-likeness (QED) is 0.106. The lowest BCUT2D eigenvalue weighted by atomic mass is 9.73. The maximum absolute atomic E-state index is 6.38. The number of nitrogens with zero attached hydrogens (tertiary/aromatic N) is 3. The van der Waals surface area contributed by atoms with Gasteiger partial charge < -0.3 is 19.1 Å². The molecule has 34 heavy (non-hydrogen) atoms. The molecule has 0 amide bonds. The van der Waals surface area contributed by atoms with Gasteiger partial charge in [-0.2, -0.15) is 0 Å². The molecule has 0 aromatic heterocycles. The first-order valence-electron chi connectivity index (χ1n) is 15.3. The van der Waals surface area contributed by atoms with Gasteiger partial charge in [-0.25, -0.2) is 0 Å². The van der Waals surface area contributed by atoms with Crippen LogP contribution in [0.2, 0.25) is 6.04 Å². The third kappa shape index (κ3) is 15.2. The van der Waals surface area contributed by atoms with Crippen molar-refractivity contribution in [3.05, 3.63) is 0 Å². The van der Waals surface area contributed by atoms with Gasteiger partial charge in [0.2, 0.25) is 0 Å². The molecule has 4 nitrogen and oxygen atoms in total. The van der Waals surface area contributed by atoms with Gasteiger partial charge in [0.25, 0.3) is 0 Å². The molecule has 5 heteroatoms. The summed E-state index contributed by atoms with van der Waals surface area (Å²) >= 11 is 0. The number of hydrogen-bond acceptors (Lipinski definition) is 4. The molecule has 206 valence electrons. The van der Waals surface area contributed by atoms with Gasteiger partial charge in [0, 0.05) is 6.10 Å². The molecule has 0 bridgehead atoms. The molecule has 0 saturated heterocycles. The Balaban J connectivity index is 5.29. The summed E-state index contributed by atoms with van der Waals surface area (Å²) in [4.78, 5) is 7.84. The summed E-state index contributed by atoms with van der Waals surface area (Å²) < 4.78 is 6.38. The normalized spacial score (nSPS) is 13.1. The van der Waals surface area contributed by atoms with Gasteiger partial charge in [0.15, 0.2) is 9.76 Å². The van der Waals surface area contributed by atoms with Crippen LogP contribution in [0.3, 0.4) is 0 Å². The Morgan fingerprint density at radius 2 is 0.912 bits per heavy atom. The summed E-state index contributed by atoms with van der Waals surface area (Å²) in [6.45, 7) is 29.3. The topological polar surface area (TPSA) is 19.0 Å². The van der Waals surface area contributed by atoms with Crippen LogP contribution in [0.15, 0.2) is 0 Å². The highest BCUT2D eigenvalue weighted by molar-refractivity contribution is 6.27. The maximum atomic E-state index is 6.38. The first-order chi connectivity index (χ1) is 16.5. The SMILES string of the molecule is CCC(CC)O[SiH2]CCC(CCCN(CC)CC)(CCCN(CC)CC)CCCN(CC)CC. The van der Waals surface area contributed by atoms with E-state index in [1.165, 1.54) is 123 Å². The van der Waals surface area contributed by atoms with Crippen molar-refractivity contribution in [1.29, 1.82) is 0 Å². The van der Waals surface area contributed by atoms with Crippen LogP contribution >= 0.6 is 0 Å². The predicted octanol–water partition coefficient (Wildman–Crippen LogP) is 6.44. The van der Waals surface area contributed by atoms with Crippen molar-refractivity contribution in [1.82, 2.24) is 14.7 Å².